The molecule has 0 aliphatic carbocycles. The van der Waals surface area contributed by atoms with Crippen LogP contribution in [0.2, 0.25) is 0 Å². The molecule has 3 aromatic carbocycles. The second-order valence-corrected chi connectivity index (χ2v) is 10.8. The molecular formula is C24H15Br4NO8. The topological polar surface area (TPSA) is 130 Å². The Hall–Kier alpha value is -2.74. The summed E-state index contributed by atoms with van der Waals surface area (Å²) in [6.07, 6.45) is 0. The number of aromatic carboxylic acids is 2. The molecule has 0 saturated carbocycles. The Morgan fingerprint density at radius 1 is 0.676 bits per heavy atom. The first kappa shape index (κ1) is 28.8. The molecule has 0 saturated heterocycles. The van der Waals surface area contributed by atoms with Crippen LogP contribution in [0.5, 0.6) is 11.5 Å². The van der Waals surface area contributed by atoms with Crippen molar-refractivity contribution in [3.05, 3.63) is 83.6 Å². The summed E-state index contributed by atoms with van der Waals surface area (Å²) in [6, 6.07) is 14.1. The monoisotopic (exact) mass is 761 g/mol. The summed E-state index contributed by atoms with van der Waals surface area (Å²) in [5.74, 6) is -4.69. The third-order valence-electron chi connectivity index (χ3n) is 4.67. The Balaban J connectivity index is 1.85. The average Bonchev–Trinajstić information content (AvgIpc) is 2.82. The largest absolute Gasteiger partial charge is 0.478 e. The molecule has 0 spiro atoms. The summed E-state index contributed by atoms with van der Waals surface area (Å²) in [5.41, 5.74) is -0.0267. The van der Waals surface area contributed by atoms with Gasteiger partial charge < -0.3 is 24.6 Å². The number of carboxylic acid groups (broad SMARTS) is 2. The Kier molecular flexibility index (Phi) is 9.87. The molecule has 0 aliphatic rings. The maximum Gasteiger partial charge on any atom is 0.339 e. The van der Waals surface area contributed by atoms with E-state index in [0.717, 1.165) is 0 Å². The first-order valence-corrected chi connectivity index (χ1v) is 13.3. The van der Waals surface area contributed by atoms with Crippen LogP contribution in [0.4, 0.5) is 5.69 Å². The number of carbonyl (C=O) groups excluding carboxylic acids is 2. The highest BCUT2D eigenvalue weighted by Crippen LogP contribution is 2.34. The van der Waals surface area contributed by atoms with Crippen molar-refractivity contribution in [3.8, 4) is 11.5 Å². The van der Waals surface area contributed by atoms with E-state index in [4.69, 9.17) is 9.47 Å². The third-order valence-corrected chi connectivity index (χ3v) is 6.76. The molecule has 0 fully saturated rings. The number of hydrogen-bond acceptors (Lipinski definition) is 7. The Morgan fingerprint density at radius 2 is 1.08 bits per heavy atom. The fourth-order valence-corrected chi connectivity index (χ4v) is 5.74. The molecule has 3 aromatic rings. The molecule has 9 nitrogen and oxygen atoms in total. The molecule has 13 heteroatoms. The molecule has 0 atom stereocenters. The van der Waals surface area contributed by atoms with Crippen LogP contribution in [0.25, 0.3) is 0 Å². The lowest BCUT2D eigenvalue weighted by Crippen LogP contribution is -2.38. The molecule has 0 heterocycles. The number of para-hydroxylation sites is 1. The minimum Gasteiger partial charge on any atom is -0.478 e. The van der Waals surface area contributed by atoms with Crippen LogP contribution < -0.4 is 14.4 Å². The van der Waals surface area contributed by atoms with E-state index in [1.54, 1.807) is 30.3 Å². The number of ether oxygens (including phenoxy) is 2. The number of nitrogens with zero attached hydrogens (tertiary/aromatic N) is 1. The minimum absolute atomic E-state index is 0.193. The predicted molar refractivity (Wildman–Crippen MR) is 148 cm³/mol. The van der Waals surface area contributed by atoms with Gasteiger partial charge in [0.05, 0.1) is 8.95 Å². The highest BCUT2D eigenvalue weighted by Gasteiger charge is 2.24. The number of carboxylic acids is 2. The zero-order chi connectivity index (χ0) is 27.3. The third kappa shape index (κ3) is 7.63. The molecular weight excluding hydrogens is 750 g/mol. The summed E-state index contributed by atoms with van der Waals surface area (Å²) in [6.45, 7) is -0.901. The Bertz CT molecular complexity index is 1300. The van der Waals surface area contributed by atoms with Crippen molar-refractivity contribution in [1.82, 2.24) is 0 Å². The van der Waals surface area contributed by atoms with Gasteiger partial charge in [0.2, 0.25) is 0 Å². The van der Waals surface area contributed by atoms with Crippen LogP contribution >= 0.6 is 63.7 Å². The number of rotatable bonds is 9. The van der Waals surface area contributed by atoms with Crippen LogP contribution in [0.3, 0.4) is 0 Å². The van der Waals surface area contributed by atoms with E-state index in [0.29, 0.717) is 14.6 Å². The van der Waals surface area contributed by atoms with E-state index in [2.05, 4.69) is 63.7 Å². The van der Waals surface area contributed by atoms with Crippen molar-refractivity contribution < 1.29 is 38.9 Å². The van der Waals surface area contributed by atoms with Gasteiger partial charge in [0.25, 0.3) is 0 Å². The molecule has 0 aliphatic heterocycles. The lowest BCUT2D eigenvalue weighted by Gasteiger charge is -2.23. The molecule has 2 N–H and O–H groups in total. The van der Waals surface area contributed by atoms with Gasteiger partial charge >= 0.3 is 23.9 Å². The lowest BCUT2D eigenvalue weighted by molar-refractivity contribution is -0.133. The zero-order valence-corrected chi connectivity index (χ0v) is 24.8. The van der Waals surface area contributed by atoms with Gasteiger partial charge in [-0.1, -0.05) is 50.1 Å². The zero-order valence-electron chi connectivity index (χ0n) is 18.4. The quantitative estimate of drug-likeness (QED) is 0.195. The molecule has 0 unspecified atom stereocenters. The van der Waals surface area contributed by atoms with E-state index in [9.17, 15) is 29.4 Å². The van der Waals surface area contributed by atoms with Crippen LogP contribution in [-0.4, -0.2) is 47.2 Å². The standard InChI is InChI=1S/C24H15Br4NO8/c25-12-6-15(23(32)33)21(17(27)8-12)36-19(30)10-29(14-4-2-1-3-5-14)11-20(31)37-22-16(24(34)35)7-13(26)9-18(22)28/h1-9H,10-11H2,(H,32,33)(H,34,35). The van der Waals surface area contributed by atoms with Crippen LogP contribution in [0, 0.1) is 0 Å². The van der Waals surface area contributed by atoms with Crippen LogP contribution in [0.15, 0.2) is 72.5 Å². The molecule has 3 rings (SSSR count). The second kappa shape index (κ2) is 12.7. The molecule has 0 radical (unpaired) electrons. The van der Waals surface area contributed by atoms with E-state index in [-0.39, 0.29) is 31.6 Å². The summed E-state index contributed by atoms with van der Waals surface area (Å²) < 4.78 is 12.1. The van der Waals surface area contributed by atoms with Crippen molar-refractivity contribution in [1.29, 1.82) is 0 Å². The summed E-state index contributed by atoms with van der Waals surface area (Å²) in [4.78, 5) is 50.3. The predicted octanol–water partition coefficient (Wildman–Crippen LogP) is 6.15. The molecule has 0 amide bonds. The first-order chi connectivity index (χ1) is 17.5. The number of hydrogen-bond donors (Lipinski definition) is 2. The molecule has 192 valence electrons. The highest BCUT2D eigenvalue weighted by atomic mass is 79.9. The van der Waals surface area contributed by atoms with Crippen LogP contribution in [-0.2, 0) is 9.59 Å². The van der Waals surface area contributed by atoms with Crippen LogP contribution in [0.1, 0.15) is 20.7 Å². The number of esters is 2. The minimum atomic E-state index is -1.30. The second-order valence-electron chi connectivity index (χ2n) is 7.28. The number of benzene rings is 3. The van der Waals surface area contributed by atoms with Gasteiger partial charge in [-0.25, -0.2) is 19.2 Å². The smallest absolute Gasteiger partial charge is 0.339 e. The van der Waals surface area contributed by atoms with Gasteiger partial charge in [-0.05, 0) is 68.3 Å². The maximum absolute atomic E-state index is 12.9. The van der Waals surface area contributed by atoms with E-state index in [1.165, 1.54) is 29.2 Å². The van der Waals surface area contributed by atoms with Gasteiger partial charge in [-0.2, -0.15) is 0 Å². The van der Waals surface area contributed by atoms with Crippen molar-refractivity contribution in [3.63, 3.8) is 0 Å². The lowest BCUT2D eigenvalue weighted by atomic mass is 10.2. The molecule has 0 aromatic heterocycles. The van der Waals surface area contributed by atoms with Crippen molar-refractivity contribution in [2.45, 2.75) is 0 Å². The highest BCUT2D eigenvalue weighted by molar-refractivity contribution is 9.11. The SMILES string of the molecule is O=C(CN(CC(=O)Oc1c(Br)cc(Br)cc1C(=O)O)c1ccccc1)Oc1c(Br)cc(Br)cc1C(=O)O. The van der Waals surface area contributed by atoms with Gasteiger partial charge in [0, 0.05) is 14.6 Å². The average molecular weight is 765 g/mol. The van der Waals surface area contributed by atoms with Gasteiger partial charge in [0.1, 0.15) is 24.2 Å². The maximum atomic E-state index is 12.9. The summed E-state index contributed by atoms with van der Waals surface area (Å²) >= 11 is 12.8. The van der Waals surface area contributed by atoms with Gasteiger partial charge in [-0.15, -0.1) is 0 Å². The van der Waals surface area contributed by atoms with E-state index >= 15 is 0 Å². The van der Waals surface area contributed by atoms with Crippen molar-refractivity contribution in [2.24, 2.45) is 0 Å². The molecule has 37 heavy (non-hydrogen) atoms. The van der Waals surface area contributed by atoms with E-state index in [1.807, 2.05) is 0 Å². The Morgan fingerprint density at radius 3 is 1.46 bits per heavy atom. The van der Waals surface area contributed by atoms with Crippen molar-refractivity contribution in [2.75, 3.05) is 18.0 Å². The Labute approximate surface area is 243 Å². The van der Waals surface area contributed by atoms with Gasteiger partial charge in [0.15, 0.2) is 11.5 Å². The number of halogens is 4. The fraction of sp³-hybridized carbons (Fsp3) is 0.0833. The number of anilines is 1. The van der Waals surface area contributed by atoms with E-state index < -0.39 is 37.0 Å². The summed E-state index contributed by atoms with van der Waals surface area (Å²) in [7, 11) is 0. The fourth-order valence-electron chi connectivity index (χ4n) is 3.13. The summed E-state index contributed by atoms with van der Waals surface area (Å²) in [5, 5.41) is 19.0. The normalized spacial score (nSPS) is 10.5. The molecule has 0 bridgehead atoms. The number of carbonyl (C=O) groups is 4. The van der Waals surface area contributed by atoms with Crippen molar-refractivity contribution >= 4 is 93.3 Å². The van der Waals surface area contributed by atoms with Gasteiger partial charge in [-0.3, -0.25) is 0 Å². The first-order valence-electron chi connectivity index (χ1n) is 10.1.